The average Bonchev–Trinajstić information content (AvgIpc) is 2.35. The van der Waals surface area contributed by atoms with Crippen LogP contribution in [0, 0.1) is 17.7 Å². The molecule has 2 aliphatic heterocycles. The van der Waals surface area contributed by atoms with Crippen molar-refractivity contribution in [2.75, 3.05) is 0 Å². The second-order valence-electron chi connectivity index (χ2n) is 6.52. The molecule has 2 heterocycles. The number of halogens is 2. The zero-order valence-corrected chi connectivity index (χ0v) is 11.9. The first-order valence-corrected chi connectivity index (χ1v) is 7.28. The SMILES string of the molecule is Cl.Fc1ccc(CN2C3CC4CC(C3)CC2C4)cc1. The lowest BCUT2D eigenvalue weighted by Crippen LogP contribution is -2.57. The van der Waals surface area contributed by atoms with Crippen LogP contribution in [0.2, 0.25) is 0 Å². The molecule has 2 saturated carbocycles. The molecule has 4 fully saturated rings. The number of rotatable bonds is 2. The summed E-state index contributed by atoms with van der Waals surface area (Å²) in [6.07, 6.45) is 7.14. The fourth-order valence-corrected chi connectivity index (χ4v) is 4.68. The lowest BCUT2D eigenvalue weighted by Gasteiger charge is -2.56. The van der Waals surface area contributed by atoms with Gasteiger partial charge in [-0.15, -0.1) is 12.4 Å². The highest BCUT2D eigenvalue weighted by Crippen LogP contribution is 2.49. The molecule has 5 rings (SSSR count). The summed E-state index contributed by atoms with van der Waals surface area (Å²) >= 11 is 0. The molecule has 1 aromatic carbocycles. The average molecular weight is 282 g/mol. The van der Waals surface area contributed by atoms with Gasteiger partial charge in [0, 0.05) is 18.6 Å². The van der Waals surface area contributed by atoms with E-state index in [1.807, 2.05) is 12.1 Å². The van der Waals surface area contributed by atoms with Crippen molar-refractivity contribution in [3.05, 3.63) is 35.6 Å². The molecule has 1 aromatic rings. The van der Waals surface area contributed by atoms with E-state index in [0.717, 1.165) is 30.5 Å². The van der Waals surface area contributed by atoms with E-state index >= 15 is 0 Å². The smallest absolute Gasteiger partial charge is 0.123 e. The topological polar surface area (TPSA) is 3.24 Å². The normalized spacial score (nSPS) is 36.3. The Morgan fingerprint density at radius 2 is 1.42 bits per heavy atom. The van der Waals surface area contributed by atoms with E-state index in [2.05, 4.69) is 4.90 Å². The van der Waals surface area contributed by atoms with E-state index in [-0.39, 0.29) is 18.2 Å². The van der Waals surface area contributed by atoms with Crippen LogP contribution in [0.25, 0.3) is 0 Å². The Morgan fingerprint density at radius 1 is 0.895 bits per heavy atom. The fraction of sp³-hybridized carbons (Fsp3) is 0.625. The standard InChI is InChI=1S/C16H20FN.ClH/c17-14-3-1-11(2-4-14)10-18-15-6-12-5-13(8-15)9-16(18)7-12;/h1-4,12-13,15-16H,5-10H2;1H. The molecule has 19 heavy (non-hydrogen) atoms. The number of piperidine rings is 2. The number of hydrogen-bond acceptors (Lipinski definition) is 1. The quantitative estimate of drug-likeness (QED) is 0.792. The summed E-state index contributed by atoms with van der Waals surface area (Å²) in [5.74, 6) is 1.90. The second-order valence-corrected chi connectivity index (χ2v) is 6.52. The molecule has 3 heteroatoms. The van der Waals surface area contributed by atoms with Crippen molar-refractivity contribution >= 4 is 12.4 Å². The van der Waals surface area contributed by atoms with E-state index < -0.39 is 0 Å². The van der Waals surface area contributed by atoms with Crippen LogP contribution in [0.4, 0.5) is 4.39 Å². The van der Waals surface area contributed by atoms with Gasteiger partial charge in [-0.05, 0) is 61.6 Å². The number of nitrogens with zero attached hydrogens (tertiary/aromatic N) is 1. The minimum Gasteiger partial charge on any atom is -0.293 e. The molecule has 0 aromatic heterocycles. The van der Waals surface area contributed by atoms with Gasteiger partial charge in [0.2, 0.25) is 0 Å². The molecule has 0 spiro atoms. The van der Waals surface area contributed by atoms with Gasteiger partial charge in [-0.3, -0.25) is 4.90 Å². The molecule has 4 aliphatic rings. The highest BCUT2D eigenvalue weighted by Gasteiger charge is 2.46. The van der Waals surface area contributed by atoms with Crippen molar-refractivity contribution < 1.29 is 4.39 Å². The third kappa shape index (κ3) is 2.41. The molecule has 2 saturated heterocycles. The van der Waals surface area contributed by atoms with Gasteiger partial charge < -0.3 is 0 Å². The Hall–Kier alpha value is -0.600. The second kappa shape index (κ2) is 5.06. The van der Waals surface area contributed by atoms with Gasteiger partial charge in [0.25, 0.3) is 0 Å². The predicted octanol–water partition coefficient (Wildman–Crippen LogP) is 4.01. The molecule has 0 atom stereocenters. The fourth-order valence-electron chi connectivity index (χ4n) is 4.68. The summed E-state index contributed by atoms with van der Waals surface area (Å²) in [4.78, 5) is 2.71. The lowest BCUT2D eigenvalue weighted by atomic mass is 9.63. The van der Waals surface area contributed by atoms with Gasteiger partial charge >= 0.3 is 0 Å². The molecule has 2 aliphatic carbocycles. The molecule has 0 amide bonds. The first-order valence-electron chi connectivity index (χ1n) is 7.28. The Kier molecular flexibility index (Phi) is 3.57. The highest BCUT2D eigenvalue weighted by atomic mass is 35.5. The monoisotopic (exact) mass is 281 g/mol. The molecule has 4 bridgehead atoms. The molecule has 0 N–H and O–H groups in total. The molecular formula is C16H21ClFN. The summed E-state index contributed by atoms with van der Waals surface area (Å²) in [7, 11) is 0. The van der Waals surface area contributed by atoms with Crippen LogP contribution in [0.3, 0.4) is 0 Å². The molecule has 0 radical (unpaired) electrons. The van der Waals surface area contributed by atoms with E-state index in [9.17, 15) is 4.39 Å². The lowest BCUT2D eigenvalue weighted by molar-refractivity contribution is -0.0637. The molecule has 1 nitrogen and oxygen atoms in total. The summed E-state index contributed by atoms with van der Waals surface area (Å²) in [6, 6.07) is 8.69. The number of hydrogen-bond donors (Lipinski definition) is 0. The molecule has 104 valence electrons. The largest absolute Gasteiger partial charge is 0.293 e. The van der Waals surface area contributed by atoms with E-state index in [0.29, 0.717) is 0 Å². The van der Waals surface area contributed by atoms with Crippen molar-refractivity contribution in [3.63, 3.8) is 0 Å². The van der Waals surface area contributed by atoms with Gasteiger partial charge in [0.1, 0.15) is 5.82 Å². The zero-order valence-electron chi connectivity index (χ0n) is 11.1. The summed E-state index contributed by atoms with van der Waals surface area (Å²) in [6.45, 7) is 1.02. The Labute approximate surface area is 120 Å². The molecular weight excluding hydrogens is 261 g/mol. The third-order valence-electron chi connectivity index (χ3n) is 5.30. The van der Waals surface area contributed by atoms with Gasteiger partial charge in [-0.25, -0.2) is 4.39 Å². The van der Waals surface area contributed by atoms with Crippen molar-refractivity contribution in [2.24, 2.45) is 11.8 Å². The van der Waals surface area contributed by atoms with Gasteiger partial charge in [-0.1, -0.05) is 12.1 Å². The van der Waals surface area contributed by atoms with E-state index in [4.69, 9.17) is 0 Å². The van der Waals surface area contributed by atoms with Crippen LogP contribution >= 0.6 is 12.4 Å². The summed E-state index contributed by atoms with van der Waals surface area (Å²) < 4.78 is 12.9. The van der Waals surface area contributed by atoms with Crippen LogP contribution in [-0.4, -0.2) is 17.0 Å². The minimum atomic E-state index is -0.126. The van der Waals surface area contributed by atoms with Crippen LogP contribution in [0.15, 0.2) is 24.3 Å². The minimum absolute atomic E-state index is 0. The van der Waals surface area contributed by atoms with Crippen LogP contribution < -0.4 is 0 Å². The maximum Gasteiger partial charge on any atom is 0.123 e. The summed E-state index contributed by atoms with van der Waals surface area (Å²) in [5.41, 5.74) is 1.27. The predicted molar refractivity (Wildman–Crippen MR) is 76.8 cm³/mol. The molecule has 0 unspecified atom stereocenters. The van der Waals surface area contributed by atoms with Gasteiger partial charge in [-0.2, -0.15) is 0 Å². The van der Waals surface area contributed by atoms with Gasteiger partial charge in [0.15, 0.2) is 0 Å². The van der Waals surface area contributed by atoms with Crippen LogP contribution in [0.1, 0.15) is 37.7 Å². The maximum absolute atomic E-state index is 12.9. The Morgan fingerprint density at radius 3 is 1.95 bits per heavy atom. The third-order valence-corrected chi connectivity index (χ3v) is 5.30. The number of benzene rings is 1. The Balaban J connectivity index is 0.00000110. The first kappa shape index (κ1) is 13.4. The van der Waals surface area contributed by atoms with E-state index in [1.165, 1.54) is 37.7 Å². The zero-order chi connectivity index (χ0) is 12.1. The van der Waals surface area contributed by atoms with E-state index in [1.54, 1.807) is 12.1 Å². The maximum atomic E-state index is 12.9. The van der Waals surface area contributed by atoms with Crippen LogP contribution in [-0.2, 0) is 6.54 Å². The van der Waals surface area contributed by atoms with Crippen LogP contribution in [0.5, 0.6) is 0 Å². The highest BCUT2D eigenvalue weighted by molar-refractivity contribution is 5.85. The van der Waals surface area contributed by atoms with Crippen molar-refractivity contribution in [1.82, 2.24) is 4.90 Å². The van der Waals surface area contributed by atoms with Crippen molar-refractivity contribution in [3.8, 4) is 0 Å². The van der Waals surface area contributed by atoms with Gasteiger partial charge in [0.05, 0.1) is 0 Å². The summed E-state index contributed by atoms with van der Waals surface area (Å²) in [5, 5.41) is 0. The van der Waals surface area contributed by atoms with Crippen molar-refractivity contribution in [1.29, 1.82) is 0 Å². The first-order chi connectivity index (χ1) is 8.78. The van der Waals surface area contributed by atoms with Crippen molar-refractivity contribution in [2.45, 2.75) is 50.7 Å². The Bertz CT molecular complexity index is 417.